The number of hydrogen-bond acceptors (Lipinski definition) is 6. The van der Waals surface area contributed by atoms with Crippen LogP contribution in [0.2, 0.25) is 0 Å². The minimum atomic E-state index is -3.83. The molecule has 1 aromatic rings. The van der Waals surface area contributed by atoms with Crippen LogP contribution in [0.4, 0.5) is 0 Å². The van der Waals surface area contributed by atoms with Crippen molar-refractivity contribution in [2.24, 2.45) is 0 Å². The zero-order valence-corrected chi connectivity index (χ0v) is 12.1. The molecule has 1 aromatic heterocycles. The molecule has 9 heteroatoms. The summed E-state index contributed by atoms with van der Waals surface area (Å²) in [6.45, 7) is 2.09. The van der Waals surface area contributed by atoms with Crippen molar-refractivity contribution in [1.29, 1.82) is 0 Å². The van der Waals surface area contributed by atoms with Gasteiger partial charge in [-0.15, -0.1) is 0 Å². The van der Waals surface area contributed by atoms with Gasteiger partial charge in [0.1, 0.15) is 5.56 Å². The van der Waals surface area contributed by atoms with Gasteiger partial charge in [0.2, 0.25) is 0 Å². The maximum Gasteiger partial charge on any atom is 0.342 e. The Labute approximate surface area is 117 Å². The predicted molar refractivity (Wildman–Crippen MR) is 70.7 cm³/mol. The van der Waals surface area contributed by atoms with Gasteiger partial charge in [0.25, 0.3) is 10.0 Å². The molecule has 0 saturated carbocycles. The second kappa shape index (κ2) is 7.98. The van der Waals surface area contributed by atoms with Crippen molar-refractivity contribution in [3.63, 3.8) is 0 Å². The Morgan fingerprint density at radius 1 is 1.45 bits per heavy atom. The molecule has 0 aliphatic heterocycles. The van der Waals surface area contributed by atoms with Crippen molar-refractivity contribution in [1.82, 2.24) is 14.9 Å². The monoisotopic (exact) mass is 305 g/mol. The predicted octanol–water partition coefficient (Wildman–Crippen LogP) is 0.0273. The molecule has 20 heavy (non-hydrogen) atoms. The molecule has 3 N–H and O–H groups in total. The van der Waals surface area contributed by atoms with Crippen LogP contribution in [-0.4, -0.2) is 49.4 Å². The molecule has 1 rings (SSSR count). The molecule has 0 radical (unpaired) electrons. The van der Waals surface area contributed by atoms with Crippen LogP contribution in [0.15, 0.2) is 11.2 Å². The van der Waals surface area contributed by atoms with Gasteiger partial charge in [-0.1, -0.05) is 0 Å². The van der Waals surface area contributed by atoms with Crippen molar-refractivity contribution in [2.45, 2.75) is 31.2 Å². The van der Waals surface area contributed by atoms with Crippen LogP contribution in [0, 0.1) is 0 Å². The molecule has 0 unspecified atom stereocenters. The van der Waals surface area contributed by atoms with Crippen molar-refractivity contribution in [3.8, 4) is 0 Å². The lowest BCUT2D eigenvalue weighted by Crippen LogP contribution is -2.27. The highest BCUT2D eigenvalue weighted by atomic mass is 32.2. The van der Waals surface area contributed by atoms with Crippen LogP contribution >= 0.6 is 0 Å². The number of hydrogen-bond donors (Lipinski definition) is 3. The van der Waals surface area contributed by atoms with Gasteiger partial charge in [-0.25, -0.2) is 17.9 Å². The fourth-order valence-corrected chi connectivity index (χ4v) is 2.68. The molecular weight excluding hydrogens is 286 g/mol. The summed E-state index contributed by atoms with van der Waals surface area (Å²) in [6.07, 6.45) is 3.06. The Morgan fingerprint density at radius 2 is 2.20 bits per heavy atom. The van der Waals surface area contributed by atoms with Crippen molar-refractivity contribution >= 4 is 16.0 Å². The Bertz CT molecular complexity index is 526. The number of rotatable bonds is 9. The van der Waals surface area contributed by atoms with E-state index in [0.717, 1.165) is 6.20 Å². The number of aliphatic hydroxyl groups is 1. The Morgan fingerprint density at radius 3 is 2.85 bits per heavy atom. The summed E-state index contributed by atoms with van der Waals surface area (Å²) >= 11 is 0. The number of ether oxygens (including phenoxy) is 1. The second-order valence-corrected chi connectivity index (χ2v) is 5.72. The first kappa shape index (κ1) is 16.6. The van der Waals surface area contributed by atoms with Crippen molar-refractivity contribution in [3.05, 3.63) is 11.8 Å². The summed E-state index contributed by atoms with van der Waals surface area (Å²) in [7, 11) is -3.83. The average Bonchev–Trinajstić information content (AvgIpc) is 2.89. The minimum absolute atomic E-state index is 0.0836. The zero-order chi connectivity index (χ0) is 15.0. The summed E-state index contributed by atoms with van der Waals surface area (Å²) in [5, 5.41) is 14.2. The molecule has 0 aliphatic carbocycles. The number of nitrogens with one attached hydrogen (secondary N) is 2. The van der Waals surface area contributed by atoms with Crippen LogP contribution in [0.5, 0.6) is 0 Å². The molecule has 0 aliphatic rings. The van der Waals surface area contributed by atoms with E-state index in [2.05, 4.69) is 14.9 Å². The molecule has 114 valence electrons. The van der Waals surface area contributed by atoms with Crippen LogP contribution in [0.1, 0.15) is 36.5 Å². The summed E-state index contributed by atoms with van der Waals surface area (Å²) < 4.78 is 31.2. The van der Waals surface area contributed by atoms with Gasteiger partial charge in [0.05, 0.1) is 12.8 Å². The molecule has 0 atom stereocenters. The fraction of sp³-hybridized carbons (Fsp3) is 0.636. The SMILES string of the molecule is CCOC(=O)c1cn[nH]c1S(=O)(=O)NCCCCCO. The van der Waals surface area contributed by atoms with E-state index < -0.39 is 16.0 Å². The van der Waals surface area contributed by atoms with Crippen LogP contribution < -0.4 is 4.72 Å². The standard InChI is InChI=1S/C11H19N3O5S/c1-2-19-11(16)9-8-12-14-10(9)20(17,18)13-6-4-3-5-7-15/h8,13,15H,2-7H2,1H3,(H,12,14). The lowest BCUT2D eigenvalue weighted by molar-refractivity contribution is 0.0522. The second-order valence-electron chi connectivity index (χ2n) is 4.02. The largest absolute Gasteiger partial charge is 0.462 e. The number of esters is 1. The van der Waals surface area contributed by atoms with E-state index in [0.29, 0.717) is 19.3 Å². The Kier molecular flexibility index (Phi) is 6.62. The van der Waals surface area contributed by atoms with Gasteiger partial charge in [-0.3, -0.25) is 5.10 Å². The third kappa shape index (κ3) is 4.58. The molecule has 0 amide bonds. The van der Waals surface area contributed by atoms with Crippen LogP contribution in [0.3, 0.4) is 0 Å². The number of nitrogens with zero attached hydrogens (tertiary/aromatic N) is 1. The molecular formula is C11H19N3O5S. The summed E-state index contributed by atoms with van der Waals surface area (Å²) in [5.74, 6) is -0.734. The summed E-state index contributed by atoms with van der Waals surface area (Å²) in [4.78, 5) is 11.6. The van der Waals surface area contributed by atoms with E-state index in [4.69, 9.17) is 9.84 Å². The van der Waals surface area contributed by atoms with Gasteiger partial charge in [-0.2, -0.15) is 5.10 Å². The van der Waals surface area contributed by atoms with Crippen LogP contribution in [-0.2, 0) is 14.8 Å². The van der Waals surface area contributed by atoms with E-state index in [9.17, 15) is 13.2 Å². The molecule has 0 bridgehead atoms. The lowest BCUT2D eigenvalue weighted by Gasteiger charge is -2.06. The number of aromatic amines is 1. The maximum absolute atomic E-state index is 12.0. The highest BCUT2D eigenvalue weighted by Gasteiger charge is 2.25. The lowest BCUT2D eigenvalue weighted by atomic mass is 10.2. The summed E-state index contributed by atoms with van der Waals surface area (Å²) in [6, 6.07) is 0. The topological polar surface area (TPSA) is 121 Å². The first-order chi connectivity index (χ1) is 9.53. The Balaban J connectivity index is 2.68. The van der Waals surface area contributed by atoms with Crippen LogP contribution in [0.25, 0.3) is 0 Å². The van der Waals surface area contributed by atoms with E-state index in [1.54, 1.807) is 6.92 Å². The van der Waals surface area contributed by atoms with E-state index in [1.807, 2.05) is 0 Å². The van der Waals surface area contributed by atoms with Gasteiger partial charge in [0, 0.05) is 13.2 Å². The molecule has 8 nitrogen and oxygen atoms in total. The fourth-order valence-electron chi connectivity index (χ4n) is 1.53. The van der Waals surface area contributed by atoms with E-state index in [-0.39, 0.29) is 30.3 Å². The molecule has 0 spiro atoms. The van der Waals surface area contributed by atoms with E-state index in [1.165, 1.54) is 0 Å². The van der Waals surface area contributed by atoms with Gasteiger partial charge < -0.3 is 9.84 Å². The number of aromatic nitrogens is 2. The van der Waals surface area contributed by atoms with Gasteiger partial charge in [0.15, 0.2) is 5.03 Å². The smallest absolute Gasteiger partial charge is 0.342 e. The maximum atomic E-state index is 12.0. The summed E-state index contributed by atoms with van der Waals surface area (Å²) in [5.41, 5.74) is -0.116. The highest BCUT2D eigenvalue weighted by molar-refractivity contribution is 7.89. The number of sulfonamides is 1. The van der Waals surface area contributed by atoms with E-state index >= 15 is 0 Å². The molecule has 0 aromatic carbocycles. The number of aliphatic hydroxyl groups excluding tert-OH is 1. The highest BCUT2D eigenvalue weighted by Crippen LogP contribution is 2.13. The third-order valence-electron chi connectivity index (χ3n) is 2.50. The first-order valence-corrected chi connectivity index (χ1v) is 7.82. The number of unbranched alkanes of at least 4 members (excludes halogenated alkanes) is 2. The number of carbonyl (C=O) groups is 1. The molecule has 0 saturated heterocycles. The quantitative estimate of drug-likeness (QED) is 0.437. The minimum Gasteiger partial charge on any atom is -0.462 e. The normalized spacial score (nSPS) is 11.5. The Hall–Kier alpha value is -1.45. The van der Waals surface area contributed by atoms with Crippen molar-refractivity contribution < 1.29 is 23.1 Å². The third-order valence-corrected chi connectivity index (χ3v) is 3.93. The zero-order valence-electron chi connectivity index (χ0n) is 11.3. The number of carbonyl (C=O) groups excluding carboxylic acids is 1. The average molecular weight is 305 g/mol. The molecule has 0 fully saturated rings. The van der Waals surface area contributed by atoms with Gasteiger partial charge >= 0.3 is 5.97 Å². The van der Waals surface area contributed by atoms with Gasteiger partial charge in [-0.05, 0) is 26.2 Å². The van der Waals surface area contributed by atoms with Crippen molar-refractivity contribution in [2.75, 3.05) is 19.8 Å². The number of H-pyrrole nitrogens is 1. The molecule has 1 heterocycles. The first-order valence-electron chi connectivity index (χ1n) is 6.34.